The molecule has 0 saturated carbocycles. The van der Waals surface area contributed by atoms with E-state index in [2.05, 4.69) is 432 Å². The third-order valence-electron chi connectivity index (χ3n) is 17.2. The van der Waals surface area contributed by atoms with Crippen molar-refractivity contribution in [3.8, 4) is 0 Å². The van der Waals surface area contributed by atoms with Gasteiger partial charge in [0.15, 0.2) is 10.3 Å². The van der Waals surface area contributed by atoms with Crippen LogP contribution >= 0.6 is 94.1 Å². The van der Waals surface area contributed by atoms with Crippen LogP contribution in [0.15, 0.2) is 131 Å². The van der Waals surface area contributed by atoms with Crippen LogP contribution in [-0.4, -0.2) is 117 Å². The van der Waals surface area contributed by atoms with Crippen LogP contribution < -0.4 is 0 Å². The molecule has 0 bridgehead atoms. The zero-order valence-electron chi connectivity index (χ0n) is 89.7. The summed E-state index contributed by atoms with van der Waals surface area (Å²) in [5, 5.41) is 13.6. The third kappa shape index (κ3) is 55.8. The van der Waals surface area contributed by atoms with Gasteiger partial charge >= 0.3 is 0 Å². The Labute approximate surface area is 809 Å². The van der Waals surface area contributed by atoms with E-state index in [-0.39, 0.29) is 43.3 Å². The van der Waals surface area contributed by atoms with Gasteiger partial charge in [0, 0.05) is 136 Å². The van der Waals surface area contributed by atoms with Crippen LogP contribution in [0.4, 0.5) is 0 Å². The van der Waals surface area contributed by atoms with E-state index >= 15 is 0 Å². The second kappa shape index (κ2) is 49.6. The maximum Gasteiger partial charge on any atom is 0.187 e. The van der Waals surface area contributed by atoms with Gasteiger partial charge in [-0.2, -0.15) is 5.10 Å². The van der Waals surface area contributed by atoms with Crippen molar-refractivity contribution < 1.29 is 0 Å². The van der Waals surface area contributed by atoms with Crippen molar-refractivity contribution in [2.75, 3.05) is 52.6 Å². The fourth-order valence-electron chi connectivity index (χ4n) is 9.85. The van der Waals surface area contributed by atoms with Crippen LogP contribution in [0.1, 0.15) is 373 Å². The van der Waals surface area contributed by atoms with E-state index in [1.165, 1.54) is 43.2 Å². The lowest BCUT2D eigenvalue weighted by molar-refractivity contribution is 0.479. The fraction of sp³-hybridized carbons (Fsp3) is 0.724. The van der Waals surface area contributed by atoms with E-state index in [4.69, 9.17) is 9.98 Å². The zero-order chi connectivity index (χ0) is 98.1. The number of rotatable bonds is 14. The summed E-state index contributed by atoms with van der Waals surface area (Å²) < 4.78 is 4.06. The minimum Gasteiger partial charge on any atom is -0.329 e. The van der Waals surface area contributed by atoms with E-state index in [0.29, 0.717) is 43.3 Å². The summed E-state index contributed by atoms with van der Waals surface area (Å²) in [7, 11) is 4.07. The summed E-state index contributed by atoms with van der Waals surface area (Å²) in [4.78, 5) is 44.9. The Balaban J connectivity index is 0.000000720. The van der Waals surface area contributed by atoms with Gasteiger partial charge in [0.05, 0.1) is 48.8 Å². The molecular weight excluding hydrogens is 1700 g/mol. The smallest absolute Gasteiger partial charge is 0.187 e. The molecule has 0 atom stereocenters. The molecule has 8 heterocycles. The van der Waals surface area contributed by atoms with Crippen molar-refractivity contribution >= 4 is 104 Å². The van der Waals surface area contributed by atoms with Crippen LogP contribution in [0.3, 0.4) is 0 Å². The quantitative estimate of drug-likeness (QED) is 0.0577. The molecule has 8 rings (SSSR count). The number of aliphatic imine (C=N–C) groups is 2. The first-order chi connectivity index (χ1) is 56.3. The van der Waals surface area contributed by atoms with E-state index in [1.807, 2.05) is 101 Å². The van der Waals surface area contributed by atoms with E-state index in [9.17, 15) is 0 Å². The Morgan fingerprint density at radius 3 is 1.21 bits per heavy atom. The highest BCUT2D eigenvalue weighted by molar-refractivity contribution is 8.14. The van der Waals surface area contributed by atoms with Gasteiger partial charge in [0.25, 0.3) is 0 Å². The lowest BCUT2D eigenvalue weighted by Gasteiger charge is -2.24. The number of pyridine rings is 1. The highest BCUT2D eigenvalue weighted by atomic mass is 32.2. The molecule has 0 unspecified atom stereocenters. The van der Waals surface area contributed by atoms with Gasteiger partial charge in [0.2, 0.25) is 0 Å². The van der Waals surface area contributed by atoms with Gasteiger partial charge in [-0.25, -0.2) is 39.9 Å². The van der Waals surface area contributed by atoms with Crippen molar-refractivity contribution in [2.45, 2.75) is 402 Å². The Kier molecular flexibility index (Phi) is 47.4. The largest absolute Gasteiger partial charge is 0.329 e. The van der Waals surface area contributed by atoms with Crippen molar-refractivity contribution in [3.05, 3.63) is 125 Å². The minimum atomic E-state index is 0.0261. The molecule has 2 aliphatic rings. The third-order valence-corrected chi connectivity index (χ3v) is 29.7. The molecule has 6 aromatic rings. The summed E-state index contributed by atoms with van der Waals surface area (Å²) in [6.07, 6.45) is 17.2. The van der Waals surface area contributed by atoms with Crippen LogP contribution in [-0.2, 0) is 46.6 Å². The molecule has 2 aliphatic heterocycles. The molecule has 0 amide bonds. The highest BCUT2D eigenvalue weighted by Gasteiger charge is 2.30. The second-order valence-electron chi connectivity index (χ2n) is 51.5. The van der Waals surface area contributed by atoms with Crippen LogP contribution in [0, 0.1) is 54.1 Å². The lowest BCUT2D eigenvalue weighted by atomic mass is 9.87. The summed E-state index contributed by atoms with van der Waals surface area (Å²) in [5.74, 6) is 9.71. The average Bonchev–Trinajstić information content (AvgIpc) is 1.63. The van der Waals surface area contributed by atoms with Crippen molar-refractivity contribution in [1.82, 2.24) is 54.2 Å². The Morgan fingerprint density at radius 1 is 0.333 bits per heavy atom. The summed E-state index contributed by atoms with van der Waals surface area (Å²) >= 11 is 14.7. The maximum atomic E-state index is 4.71. The number of aryl methyl sites for hydroxylation is 2. The summed E-state index contributed by atoms with van der Waals surface area (Å²) in [6.45, 7) is 108. The normalized spacial score (nSPS) is 14.1. The molecule has 0 saturated heterocycles. The first-order valence-corrected chi connectivity index (χ1v) is 53.3. The molecule has 126 heavy (non-hydrogen) atoms. The molecule has 13 nitrogen and oxygen atoms in total. The second-order valence-corrected chi connectivity index (χ2v) is 59.3. The highest BCUT2D eigenvalue weighted by Crippen LogP contribution is 2.40. The van der Waals surface area contributed by atoms with Gasteiger partial charge in [-0.15, -0.1) is 70.6 Å². The molecule has 0 aliphatic carbocycles. The molecule has 0 fully saturated rings. The fourth-order valence-corrected chi connectivity index (χ4v) is 17.9. The van der Waals surface area contributed by atoms with Gasteiger partial charge in [-0.1, -0.05) is 368 Å². The maximum absolute atomic E-state index is 4.71. The van der Waals surface area contributed by atoms with Gasteiger partial charge in [-0.3, -0.25) is 14.7 Å². The first kappa shape index (κ1) is 120. The molecule has 0 radical (unpaired) electrons. The molecule has 0 spiro atoms. The van der Waals surface area contributed by atoms with Crippen LogP contribution in [0.25, 0.3) is 0 Å². The predicted octanol–water partition coefficient (Wildman–Crippen LogP) is 32.6. The van der Waals surface area contributed by atoms with Gasteiger partial charge in [0.1, 0.15) is 17.2 Å². The number of allylic oxidation sites excluding steroid dienone is 2. The molecule has 6 aromatic heterocycles. The molecule has 21 heteroatoms. The van der Waals surface area contributed by atoms with E-state index in [1.54, 1.807) is 41.6 Å². The number of aromatic nitrogens is 11. The van der Waals surface area contributed by atoms with Crippen molar-refractivity contribution in [2.24, 2.45) is 78.2 Å². The van der Waals surface area contributed by atoms with Gasteiger partial charge in [-0.05, 0) is 101 Å². The Morgan fingerprint density at radius 2 is 0.770 bits per heavy atom. The number of hydrogen-bond donors (Lipinski definition) is 0. The molecule has 0 aromatic carbocycles. The van der Waals surface area contributed by atoms with Gasteiger partial charge < -0.3 is 4.57 Å². The van der Waals surface area contributed by atoms with E-state index in [0.717, 1.165) is 102 Å². The standard InChI is InChI=1S/C14H23NS.2C13H24N2S.3C13H22N2S.2C13H23NS/c1-13(2,3)10-16-12-9-11(7-8-15-12)14(4,5)6;1-12(2,3)9-16-11-14-10(8-15(11)7)13(4,5)6;1-12(2,3)9-16-11-10(13(4,5)6)8-15(7)14-11;1-12(2,3)8-16-11-7-10(13(4,5)6)14-9-15-11;1-12(2,3)9-16-10-7-8-14-11(15-10)13(4,5)6;1-12(2,3)9-16-11-14-8-7-10(15-11)13(4,5)6;1-12(2,3)9-15-11-10(7-8-14-11)13(4,5)6;1-12(2,3)9-15-11-8-7-10(14-11)13(4,5)6/h7-9H,10H2,1-6H3;2*8H,9H2,1-7H3;7,9H,8H2,1-6H3;2*7-8H,9H2,1-6H3;2*7H,8-9H2,1-6H3. The minimum absolute atomic E-state index is 0.0261. The Hall–Kier alpha value is -3.57. The first-order valence-electron chi connectivity index (χ1n) is 45.4. The number of thioether (sulfide) groups is 8. The summed E-state index contributed by atoms with van der Waals surface area (Å²) in [6, 6.07) is 10.4. The molecular formula is C105H183N13S8. The number of imidazole rings is 1. The average molecular weight is 1880 g/mol. The van der Waals surface area contributed by atoms with Crippen LogP contribution in [0.5, 0.6) is 0 Å². The SMILES string of the molecule is CC(C)(C)CSC1=NC(C(C)(C)C)=CC1.CC(C)(C)CSC1=NCC=C1C(C)(C)C.CC(C)(C)CSc1cc(C(C)(C)C)ccn1.CC(C)(C)CSc1cc(C(C)(C)C)ncn1.CC(C)(C)CSc1ccnc(C(C)(C)C)n1.CC(C)(C)CSc1nccc(C(C)(C)C)n1.Cn1cc(C(C)(C)C)c(SCC(C)(C)C)n1.Cn1cc(C(C)(C)C)nc1SCC(C)(C)C. The Bertz CT molecular complexity index is 4040. The topological polar surface area (TPSA) is 151 Å². The summed E-state index contributed by atoms with van der Waals surface area (Å²) in [5.41, 5.74) is 12.7. The monoisotopic (exact) mass is 1880 g/mol. The zero-order valence-corrected chi connectivity index (χ0v) is 96.2. The predicted molar refractivity (Wildman–Crippen MR) is 573 cm³/mol. The van der Waals surface area contributed by atoms with Crippen molar-refractivity contribution in [1.29, 1.82) is 0 Å². The molecule has 0 N–H and O–H groups in total. The number of nitrogens with zero attached hydrogens (tertiary/aromatic N) is 13. The number of hydrogen-bond acceptors (Lipinski definition) is 19. The van der Waals surface area contributed by atoms with Crippen molar-refractivity contribution in [3.63, 3.8) is 0 Å². The van der Waals surface area contributed by atoms with E-state index < -0.39 is 0 Å². The molecule has 716 valence electrons. The lowest BCUT2D eigenvalue weighted by Crippen LogP contribution is -2.17. The van der Waals surface area contributed by atoms with Crippen LogP contribution in [0.2, 0.25) is 0 Å².